The number of alkyl halides is 4. The van der Waals surface area contributed by atoms with E-state index in [0.29, 0.717) is 13.0 Å². The number of nitrogens with one attached hydrogen (secondary N) is 4. The summed E-state index contributed by atoms with van der Waals surface area (Å²) in [7, 11) is -0.323. The fourth-order valence-corrected chi connectivity index (χ4v) is 9.70. The van der Waals surface area contributed by atoms with Crippen LogP contribution < -0.4 is 20.9 Å². The first-order valence-corrected chi connectivity index (χ1v) is 16.5. The summed E-state index contributed by atoms with van der Waals surface area (Å²) < 4.78 is 90.4. The second-order valence-electron chi connectivity index (χ2n) is 12.9. The van der Waals surface area contributed by atoms with E-state index < -0.39 is 81.8 Å². The second-order valence-corrected chi connectivity index (χ2v) is 14.8. The lowest BCUT2D eigenvalue weighted by atomic mass is 9.65. The van der Waals surface area contributed by atoms with Gasteiger partial charge >= 0.3 is 0 Å². The SMILES string of the molecule is CC1C(CO)CC(F)CC1S(=O)(=O)NC1CCC(F)C(C2CCC3C(C(=O)NCCCN(C)C)NNC3C2F)C1F. The van der Waals surface area contributed by atoms with Gasteiger partial charge in [0.25, 0.3) is 0 Å². The third-order valence-electron chi connectivity index (χ3n) is 9.99. The van der Waals surface area contributed by atoms with Crippen LogP contribution in [0.15, 0.2) is 0 Å². The van der Waals surface area contributed by atoms with E-state index in [2.05, 4.69) is 20.9 Å². The molecule has 14 heteroatoms. The molecule has 4 rings (SSSR count). The number of aliphatic hydroxyl groups excluding tert-OH is 1. The highest BCUT2D eigenvalue weighted by atomic mass is 32.2. The number of hydrogen-bond acceptors (Lipinski definition) is 7. The molecule has 13 unspecified atom stereocenters. The molecule has 0 bridgehead atoms. The van der Waals surface area contributed by atoms with Crippen LogP contribution in [0, 0.1) is 29.6 Å². The van der Waals surface area contributed by atoms with Gasteiger partial charge in [-0.05, 0) is 77.4 Å². The summed E-state index contributed by atoms with van der Waals surface area (Å²) in [5.74, 6) is -4.05. The van der Waals surface area contributed by atoms with Crippen molar-refractivity contribution in [3.05, 3.63) is 0 Å². The Morgan fingerprint density at radius 2 is 1.71 bits per heavy atom. The van der Waals surface area contributed by atoms with Gasteiger partial charge in [0, 0.05) is 30.9 Å². The molecule has 9 nitrogen and oxygen atoms in total. The van der Waals surface area contributed by atoms with Crippen molar-refractivity contribution in [2.75, 3.05) is 33.8 Å². The molecule has 1 amide bonds. The zero-order chi connectivity index (χ0) is 30.1. The molecular formula is C27H47F4N5O4S. The molecule has 4 aliphatic rings. The van der Waals surface area contributed by atoms with Crippen molar-refractivity contribution < 1.29 is 35.9 Å². The number of aliphatic hydroxyl groups is 1. The molecule has 3 saturated carbocycles. The summed E-state index contributed by atoms with van der Waals surface area (Å²) in [6.45, 7) is 2.57. The Bertz CT molecular complexity index is 997. The molecule has 0 aromatic carbocycles. The van der Waals surface area contributed by atoms with Crippen LogP contribution in [0.4, 0.5) is 17.6 Å². The van der Waals surface area contributed by atoms with Gasteiger partial charge in [0.2, 0.25) is 15.9 Å². The van der Waals surface area contributed by atoms with Crippen LogP contribution in [0.1, 0.15) is 51.9 Å². The molecule has 0 aromatic rings. The molecule has 1 saturated heterocycles. The van der Waals surface area contributed by atoms with Crippen LogP contribution in [0.2, 0.25) is 0 Å². The molecule has 4 fully saturated rings. The Morgan fingerprint density at radius 1 is 1.00 bits per heavy atom. The lowest BCUT2D eigenvalue weighted by molar-refractivity contribution is -0.124. The monoisotopic (exact) mass is 613 g/mol. The molecule has 3 aliphatic carbocycles. The fraction of sp³-hybridized carbons (Fsp3) is 0.963. The molecule has 1 heterocycles. The van der Waals surface area contributed by atoms with Crippen molar-refractivity contribution in [2.45, 2.75) is 99.9 Å². The van der Waals surface area contributed by atoms with Crippen LogP contribution in [-0.2, 0) is 14.8 Å². The number of hydrazine groups is 1. The zero-order valence-electron chi connectivity index (χ0n) is 24.1. The van der Waals surface area contributed by atoms with Gasteiger partial charge in [-0.15, -0.1) is 0 Å². The topological polar surface area (TPSA) is 123 Å². The van der Waals surface area contributed by atoms with Gasteiger partial charge in [-0.3, -0.25) is 10.2 Å². The van der Waals surface area contributed by atoms with Gasteiger partial charge in [0.05, 0.1) is 17.3 Å². The zero-order valence-corrected chi connectivity index (χ0v) is 24.9. The molecule has 0 radical (unpaired) electrons. The fourth-order valence-electron chi connectivity index (χ4n) is 7.61. The first kappa shape index (κ1) is 32.8. The highest BCUT2D eigenvalue weighted by molar-refractivity contribution is 7.90. The number of nitrogens with zero attached hydrogens (tertiary/aromatic N) is 1. The number of fused-ring (bicyclic) bond motifs is 1. The minimum atomic E-state index is -4.20. The van der Waals surface area contributed by atoms with E-state index in [4.69, 9.17) is 0 Å². The first-order chi connectivity index (χ1) is 19.4. The van der Waals surface area contributed by atoms with Crippen LogP contribution in [0.5, 0.6) is 0 Å². The van der Waals surface area contributed by atoms with Crippen molar-refractivity contribution >= 4 is 15.9 Å². The maximum absolute atomic E-state index is 16.0. The number of sulfonamides is 1. The van der Waals surface area contributed by atoms with Crippen LogP contribution in [0.25, 0.3) is 0 Å². The lowest BCUT2D eigenvalue weighted by Gasteiger charge is -2.45. The molecule has 5 N–H and O–H groups in total. The number of hydrogen-bond donors (Lipinski definition) is 5. The summed E-state index contributed by atoms with van der Waals surface area (Å²) in [5, 5.41) is 11.3. The lowest BCUT2D eigenvalue weighted by Crippen LogP contribution is -2.58. The number of halogens is 4. The van der Waals surface area contributed by atoms with E-state index in [1.807, 2.05) is 19.0 Å². The highest BCUT2D eigenvalue weighted by Gasteiger charge is 2.55. The number of carbonyl (C=O) groups excluding carboxylic acids is 1. The average molecular weight is 614 g/mol. The third kappa shape index (κ3) is 7.19. The van der Waals surface area contributed by atoms with Crippen molar-refractivity contribution in [1.29, 1.82) is 0 Å². The van der Waals surface area contributed by atoms with E-state index in [-0.39, 0.29) is 50.5 Å². The summed E-state index contributed by atoms with van der Waals surface area (Å²) in [5.41, 5.74) is 5.73. The largest absolute Gasteiger partial charge is 0.396 e. The molecule has 0 spiro atoms. The maximum Gasteiger partial charge on any atom is 0.238 e. The van der Waals surface area contributed by atoms with E-state index in [1.54, 1.807) is 6.92 Å². The smallest absolute Gasteiger partial charge is 0.238 e. The maximum atomic E-state index is 16.0. The quantitative estimate of drug-likeness (QED) is 0.187. The van der Waals surface area contributed by atoms with Gasteiger partial charge in [-0.25, -0.2) is 36.1 Å². The Labute approximate surface area is 241 Å². The number of carbonyl (C=O) groups is 1. The third-order valence-corrected chi connectivity index (χ3v) is 12.0. The van der Waals surface area contributed by atoms with Crippen molar-refractivity contribution in [3.63, 3.8) is 0 Å². The van der Waals surface area contributed by atoms with Crippen molar-refractivity contribution in [3.8, 4) is 0 Å². The first-order valence-electron chi connectivity index (χ1n) is 15.0. The molecule has 0 aromatic heterocycles. The minimum absolute atomic E-state index is 0.0635. The van der Waals surface area contributed by atoms with E-state index in [1.165, 1.54) is 0 Å². The Balaban J connectivity index is 1.39. The molecular weight excluding hydrogens is 566 g/mol. The van der Waals surface area contributed by atoms with Crippen LogP contribution in [0.3, 0.4) is 0 Å². The molecule has 1 aliphatic heterocycles. The van der Waals surface area contributed by atoms with Gasteiger partial charge in [-0.1, -0.05) is 6.92 Å². The number of amides is 1. The average Bonchev–Trinajstić information content (AvgIpc) is 3.35. The summed E-state index contributed by atoms with van der Waals surface area (Å²) >= 11 is 0. The molecule has 13 atom stereocenters. The van der Waals surface area contributed by atoms with E-state index >= 15 is 13.2 Å². The molecule has 41 heavy (non-hydrogen) atoms. The van der Waals surface area contributed by atoms with Crippen molar-refractivity contribution in [2.24, 2.45) is 29.6 Å². The normalized spacial score (nSPS) is 43.6. The number of rotatable bonds is 10. The van der Waals surface area contributed by atoms with E-state index in [0.717, 1.165) is 13.0 Å². The standard InChI is InChI=1S/C27H47F4N5O4S/c1-14-15(13-37)11-16(28)12-21(14)41(39,40)35-20-8-7-19(29)22(24(20)31)17-5-6-18-25(23(17)30)33-34-26(18)27(38)32-9-4-10-36(2)3/h14-26,33-35,37H,4-13H2,1-3H3,(H,32,38). The Hall–Kier alpha value is -1.06. The summed E-state index contributed by atoms with van der Waals surface area (Å²) in [6, 6.07) is -2.72. The summed E-state index contributed by atoms with van der Waals surface area (Å²) in [6.07, 6.45) is -5.73. The van der Waals surface area contributed by atoms with Crippen molar-refractivity contribution in [1.82, 2.24) is 25.8 Å². The van der Waals surface area contributed by atoms with E-state index in [9.17, 15) is 22.7 Å². The Morgan fingerprint density at radius 3 is 2.39 bits per heavy atom. The highest BCUT2D eigenvalue weighted by Crippen LogP contribution is 2.46. The second kappa shape index (κ2) is 13.7. The minimum Gasteiger partial charge on any atom is -0.396 e. The van der Waals surface area contributed by atoms with Gasteiger partial charge in [0.1, 0.15) is 30.7 Å². The van der Waals surface area contributed by atoms with Gasteiger partial charge < -0.3 is 15.3 Å². The van der Waals surface area contributed by atoms with Crippen LogP contribution >= 0.6 is 0 Å². The summed E-state index contributed by atoms with van der Waals surface area (Å²) in [4.78, 5) is 14.8. The van der Waals surface area contributed by atoms with Crippen LogP contribution in [-0.4, -0.2) is 106 Å². The predicted octanol–water partition coefficient (Wildman–Crippen LogP) is 1.38. The molecule has 238 valence electrons. The Kier molecular flexibility index (Phi) is 11.0. The van der Waals surface area contributed by atoms with Gasteiger partial charge in [0.15, 0.2) is 0 Å². The predicted molar refractivity (Wildman–Crippen MR) is 147 cm³/mol. The van der Waals surface area contributed by atoms with Gasteiger partial charge in [-0.2, -0.15) is 0 Å².